The van der Waals surface area contributed by atoms with Gasteiger partial charge in [-0.05, 0) is 27.7 Å². The Bertz CT molecular complexity index is 1180. The smallest absolute Gasteiger partial charge is 0.741 e. The van der Waals surface area contributed by atoms with Gasteiger partial charge >= 0.3 is 28.1 Å². The third kappa shape index (κ3) is 24.3. The quantitative estimate of drug-likeness (QED) is 0.0913. The molecule has 0 bridgehead atoms. The van der Waals surface area contributed by atoms with Gasteiger partial charge in [0, 0.05) is 49.6 Å². The van der Waals surface area contributed by atoms with Gasteiger partial charge in [-0.1, -0.05) is 0 Å². The van der Waals surface area contributed by atoms with Crippen molar-refractivity contribution in [2.45, 2.75) is 38.7 Å². The van der Waals surface area contributed by atoms with Crippen LogP contribution in [-0.4, -0.2) is 76.8 Å². The fourth-order valence-electron chi connectivity index (χ4n) is 1.38. The van der Waals surface area contributed by atoms with Crippen LogP contribution in [-0.2, 0) is 37.3 Å². The number of rotatable bonds is 0. The monoisotopic (exact) mass is 689 g/mol. The number of nitrogens with one attached hydrogen (secondary N) is 4. The van der Waals surface area contributed by atoms with Crippen LogP contribution in [0.4, 0.5) is 26.3 Å². The van der Waals surface area contributed by atoms with Crippen molar-refractivity contribution in [3.63, 3.8) is 0 Å². The van der Waals surface area contributed by atoms with Crippen LogP contribution in [0.2, 0.25) is 0 Å². The Balaban J connectivity index is -0.000000422. The Morgan fingerprint density at radius 1 is 0.537 bits per heavy atom. The van der Waals surface area contributed by atoms with E-state index in [9.17, 15) is 26.3 Å². The van der Waals surface area contributed by atoms with Gasteiger partial charge < -0.3 is 29.0 Å². The SMILES string of the molecule is Cc1ncc[nH]1.Cc1ncc[nH]1.Cc1ncc[nH]1.Cc1ncc[nH]1.O=S(=O)([O-])C(F)(F)F.O=S(=O)([O-])C(F)(F)F.[Cu+2]. The Hall–Kier alpha value is -3.24. The van der Waals surface area contributed by atoms with E-state index in [0.29, 0.717) is 0 Å². The summed E-state index contributed by atoms with van der Waals surface area (Å²) in [4.78, 5) is 27.0. The van der Waals surface area contributed by atoms with Crippen molar-refractivity contribution in [1.82, 2.24) is 39.9 Å². The van der Waals surface area contributed by atoms with Crippen LogP contribution in [0, 0.1) is 27.7 Å². The molecule has 0 saturated heterocycles. The largest absolute Gasteiger partial charge is 2.00 e. The van der Waals surface area contributed by atoms with Crippen LogP contribution >= 0.6 is 0 Å². The predicted octanol–water partition coefficient (Wildman–Crippen LogP) is 2.97. The van der Waals surface area contributed by atoms with Crippen molar-refractivity contribution in [3.05, 3.63) is 72.9 Å². The number of aryl methyl sites for hydroxylation is 4. The number of imidazole rings is 4. The minimum atomic E-state index is -6.09. The van der Waals surface area contributed by atoms with E-state index in [0.717, 1.165) is 23.3 Å². The first kappa shape index (κ1) is 42.2. The molecule has 4 rings (SSSR count). The Kier molecular flexibility index (Phi) is 20.4. The zero-order valence-corrected chi connectivity index (χ0v) is 23.8. The van der Waals surface area contributed by atoms with Gasteiger partial charge in [0.2, 0.25) is 0 Å². The van der Waals surface area contributed by atoms with Crippen LogP contribution in [0.25, 0.3) is 0 Å². The Labute approximate surface area is 240 Å². The summed E-state index contributed by atoms with van der Waals surface area (Å²) in [6.07, 6.45) is 14.1. The van der Waals surface area contributed by atoms with Crippen LogP contribution in [0.5, 0.6) is 0 Å². The molecule has 4 aromatic rings. The van der Waals surface area contributed by atoms with Crippen molar-refractivity contribution in [3.8, 4) is 0 Å². The first-order chi connectivity index (χ1) is 18.1. The molecule has 0 fully saturated rings. The second kappa shape index (κ2) is 19.8. The number of alkyl halides is 6. The summed E-state index contributed by atoms with van der Waals surface area (Å²) >= 11 is 0. The van der Waals surface area contributed by atoms with Gasteiger partial charge in [0.25, 0.3) is 0 Å². The van der Waals surface area contributed by atoms with E-state index in [1.807, 2.05) is 27.7 Å². The minimum absolute atomic E-state index is 0. The van der Waals surface area contributed by atoms with Crippen molar-refractivity contribution in [2.75, 3.05) is 0 Å². The molecule has 4 aromatic heterocycles. The van der Waals surface area contributed by atoms with E-state index < -0.39 is 31.3 Å². The second-order valence-electron chi connectivity index (χ2n) is 6.50. The fourth-order valence-corrected chi connectivity index (χ4v) is 1.38. The first-order valence-corrected chi connectivity index (χ1v) is 12.8. The molecule has 4 N–H and O–H groups in total. The standard InChI is InChI=1S/4C4H6N2.2CHF3O3S.Cu/c4*1-4-5-2-3-6-4;2*2-1(3,4)8(5,6)7;/h4*2-3H,1H3,(H,5,6);2*(H,5,6,7);/q;;;;;;+2/p-2. The van der Waals surface area contributed by atoms with Crippen molar-refractivity contribution < 1.29 is 69.4 Å². The van der Waals surface area contributed by atoms with Crippen molar-refractivity contribution in [2.24, 2.45) is 0 Å². The molecule has 0 aliphatic rings. The van der Waals surface area contributed by atoms with Gasteiger partial charge in [-0.15, -0.1) is 0 Å². The van der Waals surface area contributed by atoms with Crippen LogP contribution in [0.15, 0.2) is 49.6 Å². The van der Waals surface area contributed by atoms with Gasteiger partial charge in [-0.25, -0.2) is 36.8 Å². The number of hydrogen-bond donors (Lipinski definition) is 4. The Morgan fingerprint density at radius 3 is 0.707 bits per heavy atom. The van der Waals surface area contributed by atoms with Crippen molar-refractivity contribution >= 4 is 20.2 Å². The molecule has 23 heteroatoms. The number of nitrogens with zero attached hydrogens (tertiary/aromatic N) is 4. The summed E-state index contributed by atoms with van der Waals surface area (Å²) in [5, 5.41) is 0. The molecule has 4 heterocycles. The maximum atomic E-state index is 10.7. The van der Waals surface area contributed by atoms with Gasteiger partial charge in [0.05, 0.1) is 0 Å². The third-order valence-electron chi connectivity index (χ3n) is 3.11. The molecule has 0 atom stereocenters. The summed E-state index contributed by atoms with van der Waals surface area (Å²) in [6.45, 7) is 7.67. The summed E-state index contributed by atoms with van der Waals surface area (Å²) in [7, 11) is -12.2. The first-order valence-electron chi connectivity index (χ1n) is 9.96. The van der Waals surface area contributed by atoms with Crippen LogP contribution in [0.3, 0.4) is 0 Å². The van der Waals surface area contributed by atoms with E-state index in [1.165, 1.54) is 0 Å². The van der Waals surface area contributed by atoms with Crippen LogP contribution < -0.4 is 0 Å². The molecule has 0 aliphatic heterocycles. The molecular formula is C18H24CuF6N8O6S2. The van der Waals surface area contributed by atoms with Crippen molar-refractivity contribution in [1.29, 1.82) is 0 Å². The van der Waals surface area contributed by atoms with Gasteiger partial charge in [-0.3, -0.25) is 0 Å². The second-order valence-corrected chi connectivity index (χ2v) is 9.24. The average molecular weight is 690 g/mol. The normalized spacial score (nSPS) is 10.6. The molecule has 0 unspecified atom stereocenters. The zero-order chi connectivity index (χ0) is 31.6. The summed E-state index contributed by atoms with van der Waals surface area (Å²) in [6, 6.07) is 0. The zero-order valence-electron chi connectivity index (χ0n) is 21.2. The number of aromatic nitrogens is 8. The van der Waals surface area contributed by atoms with Gasteiger partial charge in [-0.2, -0.15) is 26.3 Å². The fraction of sp³-hybridized carbons (Fsp3) is 0.333. The van der Waals surface area contributed by atoms with Crippen LogP contribution in [0.1, 0.15) is 23.3 Å². The molecule has 1 radical (unpaired) electrons. The topological polar surface area (TPSA) is 229 Å². The van der Waals surface area contributed by atoms with Gasteiger partial charge in [0.15, 0.2) is 20.2 Å². The van der Waals surface area contributed by atoms with E-state index >= 15 is 0 Å². The molecule has 0 aliphatic carbocycles. The molecule has 41 heavy (non-hydrogen) atoms. The minimum Gasteiger partial charge on any atom is -0.741 e. The molecule has 0 saturated carbocycles. The van der Waals surface area contributed by atoms with E-state index in [1.54, 1.807) is 49.6 Å². The number of H-pyrrole nitrogens is 4. The summed E-state index contributed by atoms with van der Waals surface area (Å²) in [5.41, 5.74) is -11.3. The molecule has 0 aromatic carbocycles. The van der Waals surface area contributed by atoms with E-state index in [4.69, 9.17) is 25.9 Å². The summed E-state index contributed by atoms with van der Waals surface area (Å²) in [5.74, 6) is 3.87. The van der Waals surface area contributed by atoms with E-state index in [-0.39, 0.29) is 17.1 Å². The molecule has 0 spiro atoms. The number of halogens is 6. The molecule has 237 valence electrons. The third-order valence-corrected chi connectivity index (χ3v) is 4.24. The summed E-state index contributed by atoms with van der Waals surface area (Å²) < 4.78 is 118. The number of aromatic amines is 4. The molecule has 0 amide bonds. The number of hydrogen-bond acceptors (Lipinski definition) is 10. The maximum absolute atomic E-state index is 10.7. The maximum Gasteiger partial charge on any atom is 2.00 e. The molecule has 14 nitrogen and oxygen atoms in total. The van der Waals surface area contributed by atoms with Gasteiger partial charge in [0.1, 0.15) is 23.3 Å². The Morgan fingerprint density at radius 2 is 0.683 bits per heavy atom. The molecular weight excluding hydrogens is 666 g/mol. The van der Waals surface area contributed by atoms with E-state index in [2.05, 4.69) is 39.9 Å². The average Bonchev–Trinajstić information content (AvgIpc) is 3.59. The predicted molar refractivity (Wildman–Crippen MR) is 125 cm³/mol.